The van der Waals surface area contributed by atoms with Crippen LogP contribution >= 0.6 is 11.3 Å². The Hall–Kier alpha value is -2.15. The summed E-state index contributed by atoms with van der Waals surface area (Å²) in [6.45, 7) is 0.655. The van der Waals surface area contributed by atoms with Crippen LogP contribution in [0.1, 0.15) is 33.8 Å². The Bertz CT molecular complexity index is 924. The molecular weight excluding hydrogens is 349 g/mol. The second-order valence-corrected chi connectivity index (χ2v) is 7.37. The third kappa shape index (κ3) is 3.33. The van der Waals surface area contributed by atoms with E-state index in [2.05, 4.69) is 4.98 Å². The Balaban J connectivity index is 1.77. The van der Waals surface area contributed by atoms with Crippen LogP contribution in [0.2, 0.25) is 0 Å². The minimum atomic E-state index is -4.39. The fraction of sp³-hybridized carbons (Fsp3) is 0.333. The minimum absolute atomic E-state index is 0.116. The number of rotatable bonds is 5. The molecule has 1 aromatic carbocycles. The number of carbonyl (C=O) groups is 1. The first kappa shape index (κ1) is 16.3. The van der Waals surface area contributed by atoms with Crippen molar-refractivity contribution in [2.24, 2.45) is 5.92 Å². The number of aromatic nitrogens is 2. The number of hydrogen-bond donors (Lipinski definition) is 0. The van der Waals surface area contributed by atoms with Gasteiger partial charge in [0.1, 0.15) is 5.01 Å². The zero-order chi connectivity index (χ0) is 17.6. The zero-order valence-electron chi connectivity index (χ0n) is 13.2. The Labute approximate surface area is 146 Å². The molecule has 2 heterocycles. The summed E-state index contributed by atoms with van der Waals surface area (Å²) < 4.78 is 41.0. The van der Waals surface area contributed by atoms with Crippen LogP contribution in [-0.2, 0) is 19.1 Å². The highest BCUT2D eigenvalue weighted by Gasteiger charge is 2.32. The van der Waals surface area contributed by atoms with E-state index in [1.807, 2.05) is 0 Å². The molecule has 0 saturated heterocycles. The van der Waals surface area contributed by atoms with Gasteiger partial charge in [-0.2, -0.15) is 13.2 Å². The van der Waals surface area contributed by atoms with E-state index in [1.54, 1.807) is 22.3 Å². The predicted molar refractivity (Wildman–Crippen MR) is 89.8 cm³/mol. The van der Waals surface area contributed by atoms with Gasteiger partial charge in [-0.25, -0.2) is 4.98 Å². The number of benzene rings is 1. The van der Waals surface area contributed by atoms with Crippen molar-refractivity contribution in [2.75, 3.05) is 0 Å². The number of ketones is 1. The summed E-state index contributed by atoms with van der Waals surface area (Å²) >= 11 is 1.40. The molecule has 1 fully saturated rings. The maximum atomic E-state index is 13.1. The molecule has 25 heavy (non-hydrogen) atoms. The summed E-state index contributed by atoms with van der Waals surface area (Å²) in [5.74, 6) is 0.376. The van der Waals surface area contributed by atoms with E-state index in [-0.39, 0.29) is 12.2 Å². The van der Waals surface area contributed by atoms with Gasteiger partial charge >= 0.3 is 6.18 Å². The standard InChI is InChI=1S/C18H15F3N2OS/c19-18(20,21)12-3-4-13-14(16(24)8-17-22-5-6-25-17)10-23(15(13)7-12)9-11-1-2-11/h3-7,10-11H,1-2,8-9H2. The molecule has 1 aliphatic carbocycles. The lowest BCUT2D eigenvalue weighted by molar-refractivity contribution is -0.137. The summed E-state index contributed by atoms with van der Waals surface area (Å²) in [6, 6.07) is 3.61. The number of hydrogen-bond acceptors (Lipinski definition) is 3. The van der Waals surface area contributed by atoms with Gasteiger partial charge in [-0.1, -0.05) is 6.07 Å². The Morgan fingerprint density at radius 2 is 2.12 bits per heavy atom. The highest BCUT2D eigenvalue weighted by Crippen LogP contribution is 2.36. The van der Waals surface area contributed by atoms with Crippen LogP contribution < -0.4 is 0 Å². The third-order valence-electron chi connectivity index (χ3n) is 4.46. The van der Waals surface area contributed by atoms with E-state index < -0.39 is 11.7 Å². The van der Waals surface area contributed by atoms with Crippen molar-refractivity contribution >= 4 is 28.0 Å². The lowest BCUT2D eigenvalue weighted by Gasteiger charge is -2.08. The van der Waals surface area contributed by atoms with Gasteiger partial charge < -0.3 is 4.57 Å². The molecule has 4 rings (SSSR count). The lowest BCUT2D eigenvalue weighted by Crippen LogP contribution is -2.05. The number of carbonyl (C=O) groups excluding carboxylic acids is 1. The summed E-state index contributed by atoms with van der Waals surface area (Å²) in [6.07, 6.45) is 1.29. The quantitative estimate of drug-likeness (QED) is 0.600. The van der Waals surface area contributed by atoms with E-state index in [4.69, 9.17) is 0 Å². The van der Waals surface area contributed by atoms with E-state index in [0.717, 1.165) is 25.0 Å². The van der Waals surface area contributed by atoms with Crippen LogP contribution in [0.5, 0.6) is 0 Å². The van der Waals surface area contributed by atoms with Gasteiger partial charge in [0.15, 0.2) is 5.78 Å². The molecule has 3 aromatic rings. The average Bonchev–Trinajstić information content (AvgIpc) is 3.08. The average molecular weight is 364 g/mol. The van der Waals surface area contributed by atoms with Crippen molar-refractivity contribution in [1.82, 2.24) is 9.55 Å². The van der Waals surface area contributed by atoms with Crippen molar-refractivity contribution in [2.45, 2.75) is 32.0 Å². The fourth-order valence-electron chi connectivity index (χ4n) is 2.99. The van der Waals surface area contributed by atoms with Gasteiger partial charge in [-0.15, -0.1) is 11.3 Å². The Morgan fingerprint density at radius 1 is 1.32 bits per heavy atom. The second kappa shape index (κ2) is 5.98. The monoisotopic (exact) mass is 364 g/mol. The Morgan fingerprint density at radius 3 is 2.76 bits per heavy atom. The van der Waals surface area contributed by atoms with Gasteiger partial charge in [0, 0.05) is 40.8 Å². The van der Waals surface area contributed by atoms with Gasteiger partial charge in [-0.05, 0) is 30.9 Å². The summed E-state index contributed by atoms with van der Waals surface area (Å²) in [4.78, 5) is 16.8. The molecule has 130 valence electrons. The maximum absolute atomic E-state index is 13.1. The molecular formula is C18H15F3N2OS. The molecule has 0 unspecified atom stereocenters. The second-order valence-electron chi connectivity index (χ2n) is 6.39. The van der Waals surface area contributed by atoms with Gasteiger partial charge in [0.05, 0.1) is 12.0 Å². The largest absolute Gasteiger partial charge is 0.416 e. The molecule has 7 heteroatoms. The minimum Gasteiger partial charge on any atom is -0.346 e. The molecule has 0 N–H and O–H groups in total. The number of Topliss-reactive ketones (excluding diaryl/α,β-unsaturated/α-hetero) is 1. The SMILES string of the molecule is O=C(Cc1nccs1)c1cn(CC2CC2)c2cc(C(F)(F)F)ccc12. The van der Waals surface area contributed by atoms with Gasteiger partial charge in [-0.3, -0.25) is 4.79 Å². The number of halogens is 3. The van der Waals surface area contributed by atoms with Crippen molar-refractivity contribution < 1.29 is 18.0 Å². The summed E-state index contributed by atoms with van der Waals surface area (Å²) in [5, 5.41) is 3.09. The summed E-state index contributed by atoms with van der Waals surface area (Å²) in [5.41, 5.74) is 0.262. The number of fused-ring (bicyclic) bond motifs is 1. The normalized spacial score (nSPS) is 15.0. The molecule has 0 amide bonds. The topological polar surface area (TPSA) is 34.9 Å². The molecule has 0 aliphatic heterocycles. The van der Waals surface area contributed by atoms with Crippen LogP contribution in [-0.4, -0.2) is 15.3 Å². The van der Waals surface area contributed by atoms with Gasteiger partial charge in [0.25, 0.3) is 0 Å². The van der Waals surface area contributed by atoms with E-state index in [1.165, 1.54) is 17.4 Å². The summed E-state index contributed by atoms with van der Waals surface area (Å²) in [7, 11) is 0. The predicted octanol–water partition coefficient (Wildman–Crippen LogP) is 4.95. The van der Waals surface area contributed by atoms with Crippen LogP contribution in [0.4, 0.5) is 13.2 Å². The Kier molecular flexibility index (Phi) is 3.91. The molecule has 1 aliphatic rings. The molecule has 1 saturated carbocycles. The van der Waals surface area contributed by atoms with Crippen molar-refractivity contribution in [3.8, 4) is 0 Å². The highest BCUT2D eigenvalue weighted by molar-refractivity contribution is 7.09. The van der Waals surface area contributed by atoms with E-state index >= 15 is 0 Å². The molecule has 0 radical (unpaired) electrons. The number of alkyl halides is 3. The first-order valence-electron chi connectivity index (χ1n) is 8.03. The van der Waals surface area contributed by atoms with Gasteiger partial charge in [0.2, 0.25) is 0 Å². The smallest absolute Gasteiger partial charge is 0.346 e. The zero-order valence-corrected chi connectivity index (χ0v) is 14.0. The van der Waals surface area contributed by atoms with Crippen LogP contribution in [0, 0.1) is 5.92 Å². The van der Waals surface area contributed by atoms with Crippen molar-refractivity contribution in [1.29, 1.82) is 0 Å². The molecule has 3 nitrogen and oxygen atoms in total. The number of nitrogens with zero attached hydrogens (tertiary/aromatic N) is 2. The van der Waals surface area contributed by atoms with E-state index in [9.17, 15) is 18.0 Å². The van der Waals surface area contributed by atoms with Crippen LogP contribution in [0.25, 0.3) is 10.9 Å². The molecule has 2 aromatic heterocycles. The third-order valence-corrected chi connectivity index (χ3v) is 5.24. The lowest BCUT2D eigenvalue weighted by atomic mass is 10.1. The molecule has 0 atom stereocenters. The molecule has 0 bridgehead atoms. The van der Waals surface area contributed by atoms with Crippen LogP contribution in [0.15, 0.2) is 36.0 Å². The fourth-order valence-corrected chi connectivity index (χ4v) is 3.61. The maximum Gasteiger partial charge on any atom is 0.416 e. The number of thiazole rings is 1. The molecule has 0 spiro atoms. The van der Waals surface area contributed by atoms with Crippen molar-refractivity contribution in [3.05, 3.63) is 52.1 Å². The van der Waals surface area contributed by atoms with E-state index in [0.29, 0.717) is 33.9 Å². The highest BCUT2D eigenvalue weighted by atomic mass is 32.1. The van der Waals surface area contributed by atoms with Crippen LogP contribution in [0.3, 0.4) is 0 Å². The van der Waals surface area contributed by atoms with Crippen molar-refractivity contribution in [3.63, 3.8) is 0 Å². The first-order valence-corrected chi connectivity index (χ1v) is 8.91. The first-order chi connectivity index (χ1) is 11.9.